The minimum absolute atomic E-state index is 0.0489. The highest BCUT2D eigenvalue weighted by molar-refractivity contribution is 5.80. The fourth-order valence-electron chi connectivity index (χ4n) is 3.54. The molecule has 2 N–H and O–H groups in total. The summed E-state index contributed by atoms with van der Waals surface area (Å²) in [6, 6.07) is 3.09. The summed E-state index contributed by atoms with van der Waals surface area (Å²) in [4.78, 5) is 28.2. The average molecular weight is 359 g/mol. The smallest absolute Gasteiger partial charge is 0.322 e. The average Bonchev–Trinajstić information content (AvgIpc) is 2.65. The first kappa shape index (κ1) is 18.4. The molecule has 7 nitrogen and oxygen atoms in total. The van der Waals surface area contributed by atoms with E-state index in [-0.39, 0.29) is 23.6 Å². The molecule has 0 amide bonds. The monoisotopic (exact) mass is 359 g/mol. The molecule has 1 aliphatic rings. The minimum Gasteiger partial charge on any atom is -0.490 e. The molecule has 0 bridgehead atoms. The normalized spacial score (nSPS) is 21.4. The quantitative estimate of drug-likeness (QED) is 0.835. The van der Waals surface area contributed by atoms with Crippen molar-refractivity contribution in [1.29, 1.82) is 0 Å². The molecule has 140 valence electrons. The van der Waals surface area contributed by atoms with Crippen LogP contribution in [0.5, 0.6) is 5.75 Å². The van der Waals surface area contributed by atoms with Crippen molar-refractivity contribution < 1.29 is 14.3 Å². The van der Waals surface area contributed by atoms with Crippen LogP contribution in [0.3, 0.4) is 0 Å². The van der Waals surface area contributed by atoms with Gasteiger partial charge in [-0.1, -0.05) is 0 Å². The van der Waals surface area contributed by atoms with Gasteiger partial charge in [-0.2, -0.15) is 0 Å². The molecule has 7 heteroatoms. The third kappa shape index (κ3) is 3.58. The highest BCUT2D eigenvalue weighted by atomic mass is 16.5. The predicted octanol–water partition coefficient (Wildman–Crippen LogP) is 1.68. The van der Waals surface area contributed by atoms with E-state index >= 15 is 0 Å². The maximum Gasteiger partial charge on any atom is 0.322 e. The number of benzene rings is 1. The lowest BCUT2D eigenvalue weighted by molar-refractivity contribution is -0.144. The summed E-state index contributed by atoms with van der Waals surface area (Å²) >= 11 is 0. The number of carbonyl (C=O) groups is 1. The van der Waals surface area contributed by atoms with Gasteiger partial charge in [0.2, 0.25) is 0 Å². The number of ether oxygens (including phenoxy) is 2. The van der Waals surface area contributed by atoms with E-state index in [1.807, 2.05) is 13.0 Å². The van der Waals surface area contributed by atoms with Crippen LogP contribution in [0.15, 0.2) is 23.3 Å². The molecule has 1 aromatic carbocycles. The minimum atomic E-state index is -0.572. The van der Waals surface area contributed by atoms with E-state index < -0.39 is 6.04 Å². The highest BCUT2D eigenvalue weighted by Gasteiger charge is 2.31. The molecule has 1 unspecified atom stereocenters. The first-order valence-corrected chi connectivity index (χ1v) is 8.86. The molecule has 26 heavy (non-hydrogen) atoms. The van der Waals surface area contributed by atoms with Gasteiger partial charge in [0.25, 0.3) is 5.56 Å². The summed E-state index contributed by atoms with van der Waals surface area (Å²) < 4.78 is 12.4. The third-order valence-electron chi connectivity index (χ3n) is 5.21. The summed E-state index contributed by atoms with van der Waals surface area (Å²) in [5.41, 5.74) is 7.49. The number of fused-ring (bicyclic) bond motifs is 1. The number of hydrogen-bond donors (Lipinski definition) is 1. The van der Waals surface area contributed by atoms with Crippen LogP contribution in [0.25, 0.3) is 10.9 Å². The van der Waals surface area contributed by atoms with Crippen LogP contribution in [0.2, 0.25) is 0 Å². The van der Waals surface area contributed by atoms with Gasteiger partial charge in [0.05, 0.1) is 30.4 Å². The Morgan fingerprint density at radius 2 is 2.00 bits per heavy atom. The number of aryl methyl sites for hydroxylation is 2. The largest absolute Gasteiger partial charge is 0.490 e. The zero-order valence-corrected chi connectivity index (χ0v) is 15.4. The Bertz CT molecular complexity index is 869. The van der Waals surface area contributed by atoms with E-state index in [1.165, 1.54) is 18.0 Å². The Hall–Kier alpha value is -2.41. The Kier molecular flexibility index (Phi) is 5.27. The van der Waals surface area contributed by atoms with Crippen molar-refractivity contribution in [1.82, 2.24) is 9.55 Å². The van der Waals surface area contributed by atoms with Crippen molar-refractivity contribution in [2.24, 2.45) is 18.7 Å². The standard InChI is InChI=1S/C19H25N3O4/c1-11-8-15-14(18(23)22(2)10-21-15)9-16(11)26-13-6-4-12(5-7-13)17(20)19(24)25-3/h8-10,12-13,17H,4-7,20H2,1-3H3. The second-order valence-electron chi connectivity index (χ2n) is 7.00. The first-order chi connectivity index (χ1) is 12.4. The van der Waals surface area contributed by atoms with E-state index in [4.69, 9.17) is 15.2 Å². The van der Waals surface area contributed by atoms with Crippen molar-refractivity contribution >= 4 is 16.9 Å². The van der Waals surface area contributed by atoms with Gasteiger partial charge < -0.3 is 19.8 Å². The number of hydrogen-bond acceptors (Lipinski definition) is 6. The molecule has 0 radical (unpaired) electrons. The molecule has 1 saturated carbocycles. The predicted molar refractivity (Wildman–Crippen MR) is 98.1 cm³/mol. The van der Waals surface area contributed by atoms with Crippen molar-refractivity contribution in [3.05, 3.63) is 34.4 Å². The summed E-state index contributed by atoms with van der Waals surface area (Å²) in [5.74, 6) is 0.475. The second-order valence-corrected chi connectivity index (χ2v) is 7.00. The fourth-order valence-corrected chi connectivity index (χ4v) is 3.54. The molecular weight excluding hydrogens is 334 g/mol. The van der Waals surface area contributed by atoms with Crippen molar-refractivity contribution in [2.75, 3.05) is 7.11 Å². The van der Waals surface area contributed by atoms with Gasteiger partial charge in [-0.25, -0.2) is 4.98 Å². The summed E-state index contributed by atoms with van der Waals surface area (Å²) in [7, 11) is 3.04. The number of aromatic nitrogens is 2. The molecule has 1 aromatic heterocycles. The third-order valence-corrected chi connectivity index (χ3v) is 5.21. The zero-order chi connectivity index (χ0) is 18.8. The Morgan fingerprint density at radius 1 is 1.31 bits per heavy atom. The zero-order valence-electron chi connectivity index (χ0n) is 15.4. The van der Waals surface area contributed by atoms with E-state index in [0.717, 1.165) is 31.2 Å². The number of nitrogens with zero attached hydrogens (tertiary/aromatic N) is 2. The second kappa shape index (κ2) is 7.45. The van der Waals surface area contributed by atoms with Gasteiger partial charge in [-0.05, 0) is 56.2 Å². The van der Waals surface area contributed by atoms with Crippen LogP contribution < -0.4 is 16.0 Å². The number of methoxy groups -OCH3 is 1. The van der Waals surface area contributed by atoms with Crippen molar-refractivity contribution in [3.63, 3.8) is 0 Å². The lowest BCUT2D eigenvalue weighted by atomic mass is 9.83. The van der Waals surface area contributed by atoms with Gasteiger partial charge in [0.15, 0.2) is 0 Å². The summed E-state index contributed by atoms with van der Waals surface area (Å²) in [6.45, 7) is 1.95. The number of nitrogens with two attached hydrogens (primary N) is 1. The SMILES string of the molecule is COC(=O)C(N)C1CCC(Oc2cc3c(=O)n(C)cnc3cc2C)CC1. The molecule has 2 aromatic rings. The number of rotatable bonds is 4. The van der Waals surface area contributed by atoms with Crippen LogP contribution in [0.4, 0.5) is 0 Å². The highest BCUT2D eigenvalue weighted by Crippen LogP contribution is 2.31. The summed E-state index contributed by atoms with van der Waals surface area (Å²) in [5, 5.41) is 0.553. The lowest BCUT2D eigenvalue weighted by Crippen LogP contribution is -2.41. The Labute approximate surface area is 152 Å². The molecule has 3 rings (SSSR count). The van der Waals surface area contributed by atoms with Crippen LogP contribution in [-0.2, 0) is 16.6 Å². The molecule has 1 aliphatic carbocycles. The maximum absolute atomic E-state index is 12.3. The molecule has 0 spiro atoms. The topological polar surface area (TPSA) is 96.4 Å². The van der Waals surface area contributed by atoms with Crippen LogP contribution in [-0.4, -0.2) is 34.8 Å². The van der Waals surface area contributed by atoms with Gasteiger partial charge in [0.1, 0.15) is 11.8 Å². The van der Waals surface area contributed by atoms with Crippen LogP contribution in [0.1, 0.15) is 31.2 Å². The van der Waals surface area contributed by atoms with Gasteiger partial charge in [-0.3, -0.25) is 9.59 Å². The Morgan fingerprint density at radius 3 is 2.65 bits per heavy atom. The van der Waals surface area contributed by atoms with Crippen LogP contribution >= 0.6 is 0 Å². The molecule has 1 heterocycles. The van der Waals surface area contributed by atoms with E-state index in [2.05, 4.69) is 4.98 Å². The lowest BCUT2D eigenvalue weighted by Gasteiger charge is -2.31. The molecule has 0 aliphatic heterocycles. The maximum atomic E-state index is 12.3. The van der Waals surface area contributed by atoms with Crippen molar-refractivity contribution in [2.45, 2.75) is 44.8 Å². The molecular formula is C19H25N3O4. The van der Waals surface area contributed by atoms with E-state index in [1.54, 1.807) is 13.1 Å². The fraction of sp³-hybridized carbons (Fsp3) is 0.526. The number of carbonyl (C=O) groups excluding carboxylic acids is 1. The van der Waals surface area contributed by atoms with E-state index in [0.29, 0.717) is 16.7 Å². The molecule has 1 fully saturated rings. The van der Waals surface area contributed by atoms with Crippen LogP contribution in [0, 0.1) is 12.8 Å². The summed E-state index contributed by atoms with van der Waals surface area (Å²) in [6.07, 6.45) is 4.84. The molecule has 1 atom stereocenters. The van der Waals surface area contributed by atoms with Gasteiger partial charge >= 0.3 is 5.97 Å². The van der Waals surface area contributed by atoms with E-state index in [9.17, 15) is 9.59 Å². The van der Waals surface area contributed by atoms with Gasteiger partial charge in [-0.15, -0.1) is 0 Å². The van der Waals surface area contributed by atoms with Gasteiger partial charge in [0, 0.05) is 7.05 Å². The van der Waals surface area contributed by atoms with Crippen molar-refractivity contribution in [3.8, 4) is 5.75 Å². The number of esters is 1. The molecule has 0 saturated heterocycles. The Balaban J connectivity index is 1.72. The first-order valence-electron chi connectivity index (χ1n) is 8.86.